The lowest BCUT2D eigenvalue weighted by Gasteiger charge is -2.43. The minimum atomic E-state index is -2.44. The Morgan fingerprint density at radius 3 is 1.40 bits per heavy atom. The Morgan fingerprint density at radius 2 is 0.979 bits per heavy atom. The van der Waals surface area contributed by atoms with Crippen molar-refractivity contribution in [3.8, 4) is 0 Å². The molecule has 2 N–H and O–H groups in total. The lowest BCUT2D eigenvalue weighted by Crippen LogP contribution is -2.66. The molecule has 266 valence electrons. The van der Waals surface area contributed by atoms with Crippen LogP contribution in [0.4, 0.5) is 0 Å². The molecule has 0 heterocycles. The molecular formula is C42H70O4Si. The van der Waals surface area contributed by atoms with E-state index in [4.69, 9.17) is 4.43 Å². The minimum Gasteiger partial charge on any atom is -0.407 e. The van der Waals surface area contributed by atoms with Crippen molar-refractivity contribution in [1.82, 2.24) is 0 Å². The summed E-state index contributed by atoms with van der Waals surface area (Å²) in [6, 6.07) is 21.8. The summed E-state index contributed by atoms with van der Waals surface area (Å²) in [6.45, 7) is 10.00. The zero-order chi connectivity index (χ0) is 34.2. The van der Waals surface area contributed by atoms with E-state index in [-0.39, 0.29) is 5.04 Å². The van der Waals surface area contributed by atoms with Gasteiger partial charge in [0.15, 0.2) is 0 Å². The van der Waals surface area contributed by atoms with Crippen molar-refractivity contribution in [3.05, 3.63) is 60.7 Å². The van der Waals surface area contributed by atoms with Crippen molar-refractivity contribution in [2.24, 2.45) is 0 Å². The monoisotopic (exact) mass is 667 g/mol. The van der Waals surface area contributed by atoms with Crippen LogP contribution in [0.5, 0.6) is 0 Å². The Kier molecular flexibility index (Phi) is 21.4. The van der Waals surface area contributed by atoms with Crippen LogP contribution in [0.3, 0.4) is 0 Å². The van der Waals surface area contributed by atoms with Crippen LogP contribution in [0.2, 0.25) is 5.04 Å². The topological polar surface area (TPSA) is 66.8 Å². The van der Waals surface area contributed by atoms with Crippen molar-refractivity contribution >= 4 is 24.5 Å². The maximum absolute atomic E-state index is 12.4. The first-order chi connectivity index (χ1) is 22.7. The van der Waals surface area contributed by atoms with E-state index in [2.05, 4.69) is 88.4 Å². The van der Waals surface area contributed by atoms with Gasteiger partial charge in [0, 0.05) is 19.4 Å². The predicted molar refractivity (Wildman–Crippen MR) is 203 cm³/mol. The normalized spacial score (nSPS) is 13.5. The van der Waals surface area contributed by atoms with Gasteiger partial charge < -0.3 is 14.6 Å². The summed E-state index contributed by atoms with van der Waals surface area (Å²) in [5.74, 6) is 0.426. The van der Waals surface area contributed by atoms with E-state index in [0.29, 0.717) is 12.2 Å². The first-order valence-corrected chi connectivity index (χ1v) is 21.3. The van der Waals surface area contributed by atoms with Crippen molar-refractivity contribution in [2.45, 2.75) is 180 Å². The highest BCUT2D eigenvalue weighted by molar-refractivity contribution is 6.99. The van der Waals surface area contributed by atoms with Gasteiger partial charge in [0.2, 0.25) is 0 Å². The van der Waals surface area contributed by atoms with Crippen LogP contribution in [0.25, 0.3) is 0 Å². The number of unbranched alkanes of at least 4 members (excludes halogenated alkanes) is 14. The number of benzene rings is 2. The van der Waals surface area contributed by atoms with Crippen LogP contribution < -0.4 is 10.4 Å². The molecule has 0 saturated heterocycles. The molecule has 5 heteroatoms. The summed E-state index contributed by atoms with van der Waals surface area (Å²) in [5, 5.41) is 23.1. The molecule has 0 saturated carbocycles. The molecule has 0 fully saturated rings. The lowest BCUT2D eigenvalue weighted by atomic mass is 9.99. The predicted octanol–water partition coefficient (Wildman–Crippen LogP) is 10.1. The molecule has 0 aliphatic carbocycles. The van der Waals surface area contributed by atoms with Crippen molar-refractivity contribution in [1.29, 1.82) is 0 Å². The smallest absolute Gasteiger partial charge is 0.261 e. The van der Waals surface area contributed by atoms with Gasteiger partial charge in [0.25, 0.3) is 8.32 Å². The van der Waals surface area contributed by atoms with E-state index >= 15 is 0 Å². The van der Waals surface area contributed by atoms with Crippen molar-refractivity contribution < 1.29 is 19.4 Å². The lowest BCUT2D eigenvalue weighted by molar-refractivity contribution is -0.119. The van der Waals surface area contributed by atoms with E-state index in [0.717, 1.165) is 96.5 Å². The van der Waals surface area contributed by atoms with Gasteiger partial charge in [-0.1, -0.05) is 178 Å². The fraction of sp³-hybridized carbons (Fsp3) is 0.690. The second-order valence-electron chi connectivity index (χ2n) is 14.9. The molecule has 0 amide bonds. The second kappa shape index (κ2) is 24.4. The van der Waals surface area contributed by atoms with E-state index < -0.39 is 20.5 Å². The average Bonchev–Trinajstić information content (AvgIpc) is 3.06. The summed E-state index contributed by atoms with van der Waals surface area (Å²) >= 11 is 0. The quantitative estimate of drug-likeness (QED) is 0.0701. The maximum Gasteiger partial charge on any atom is 0.261 e. The summed E-state index contributed by atoms with van der Waals surface area (Å²) in [4.78, 5) is 12.4. The molecule has 2 aromatic rings. The third-order valence-electron chi connectivity index (χ3n) is 9.84. The Balaban J connectivity index is 1.50. The van der Waals surface area contributed by atoms with Crippen molar-refractivity contribution in [2.75, 3.05) is 6.61 Å². The number of aliphatic hydroxyl groups is 2. The summed E-state index contributed by atoms with van der Waals surface area (Å²) in [7, 11) is -2.44. The third kappa shape index (κ3) is 16.0. The molecule has 0 aromatic heterocycles. The second-order valence-corrected chi connectivity index (χ2v) is 19.2. The molecule has 2 unspecified atom stereocenters. The van der Waals surface area contributed by atoms with Gasteiger partial charge >= 0.3 is 0 Å². The molecule has 2 rings (SSSR count). The Morgan fingerprint density at radius 1 is 0.596 bits per heavy atom. The SMILES string of the molecule is CCCCCCCC(O)C(O)CCCCCCCCC(=O)CCCCCCCCO[Si](c1ccccc1)(c1ccccc1)C(C)(C)C. The summed E-state index contributed by atoms with van der Waals surface area (Å²) < 4.78 is 7.01. The van der Waals surface area contributed by atoms with Crippen LogP contribution in [0, 0.1) is 0 Å². The van der Waals surface area contributed by atoms with Gasteiger partial charge in [-0.05, 0) is 47.5 Å². The highest BCUT2D eigenvalue weighted by atomic mass is 28.4. The van der Waals surface area contributed by atoms with Crippen LogP contribution in [0.15, 0.2) is 60.7 Å². The molecule has 0 aliphatic heterocycles. The van der Waals surface area contributed by atoms with Gasteiger partial charge in [-0.25, -0.2) is 0 Å². The van der Waals surface area contributed by atoms with E-state index in [1.165, 1.54) is 48.9 Å². The number of Topliss-reactive ketones (excluding diaryl/α,β-unsaturated/α-hetero) is 1. The maximum atomic E-state index is 12.4. The van der Waals surface area contributed by atoms with Crippen LogP contribution in [-0.4, -0.2) is 43.1 Å². The molecule has 47 heavy (non-hydrogen) atoms. The van der Waals surface area contributed by atoms with Gasteiger partial charge in [-0.2, -0.15) is 0 Å². The van der Waals surface area contributed by atoms with Gasteiger partial charge in [0.05, 0.1) is 12.2 Å². The van der Waals surface area contributed by atoms with Crippen LogP contribution >= 0.6 is 0 Å². The first kappa shape index (κ1) is 41.4. The Hall–Kier alpha value is -1.79. The number of carbonyl (C=O) groups is 1. The molecule has 0 spiro atoms. The van der Waals surface area contributed by atoms with Crippen LogP contribution in [0.1, 0.15) is 163 Å². The van der Waals surface area contributed by atoms with Crippen LogP contribution in [-0.2, 0) is 9.22 Å². The first-order valence-electron chi connectivity index (χ1n) is 19.3. The number of aliphatic hydroxyl groups excluding tert-OH is 2. The molecular weight excluding hydrogens is 597 g/mol. The molecule has 2 atom stereocenters. The van der Waals surface area contributed by atoms with Gasteiger partial charge in [-0.15, -0.1) is 0 Å². The average molecular weight is 667 g/mol. The Labute approximate surface area is 290 Å². The molecule has 0 bridgehead atoms. The standard InChI is InChI=1S/C42H70O4Si/c1-5-6-7-12-25-34-40(44)41(45)35-26-15-9-8-13-19-28-37(43)29-20-14-10-11-16-27-36-46-47(42(2,3)4,38-30-21-17-22-31-38)39-32-23-18-24-33-39/h17-18,21-24,30-33,40-41,44-45H,5-16,19-20,25-29,34-36H2,1-4H3. The van der Waals surface area contributed by atoms with E-state index in [9.17, 15) is 15.0 Å². The van der Waals surface area contributed by atoms with Crippen molar-refractivity contribution in [3.63, 3.8) is 0 Å². The minimum absolute atomic E-state index is 0.0183. The zero-order valence-corrected chi connectivity index (χ0v) is 31.7. The largest absolute Gasteiger partial charge is 0.407 e. The number of ketones is 1. The summed E-state index contributed by atoms with van der Waals surface area (Å²) in [5.41, 5.74) is 0. The molecule has 4 nitrogen and oxygen atoms in total. The van der Waals surface area contributed by atoms with E-state index in [1.807, 2.05) is 0 Å². The third-order valence-corrected chi connectivity index (χ3v) is 14.9. The summed E-state index contributed by atoms with van der Waals surface area (Å²) in [6.07, 6.45) is 20.9. The Bertz CT molecular complexity index is 996. The number of rotatable bonds is 28. The van der Waals surface area contributed by atoms with Gasteiger partial charge in [0.1, 0.15) is 5.78 Å². The number of hydrogen-bond acceptors (Lipinski definition) is 4. The van der Waals surface area contributed by atoms with E-state index in [1.54, 1.807) is 0 Å². The molecule has 2 aromatic carbocycles. The number of carbonyl (C=O) groups excluding carboxylic acids is 1. The zero-order valence-electron chi connectivity index (χ0n) is 30.7. The molecule has 0 aliphatic rings. The number of hydrogen-bond donors (Lipinski definition) is 2. The highest BCUT2D eigenvalue weighted by Crippen LogP contribution is 2.36. The molecule has 0 radical (unpaired) electrons. The fourth-order valence-electron chi connectivity index (χ4n) is 6.97. The highest BCUT2D eigenvalue weighted by Gasteiger charge is 2.49. The fourth-order valence-corrected chi connectivity index (χ4v) is 11.6. The van der Waals surface area contributed by atoms with Gasteiger partial charge in [-0.3, -0.25) is 4.79 Å².